The van der Waals surface area contributed by atoms with Crippen LogP contribution in [0.4, 0.5) is 0 Å². The fourth-order valence-corrected chi connectivity index (χ4v) is 3.78. The molecule has 0 aromatic rings. The molecule has 0 rings (SSSR count). The Balaban J connectivity index is 4.27. The Bertz CT molecular complexity index is 177. The van der Waals surface area contributed by atoms with Crippen molar-refractivity contribution >= 4 is 6.08 Å². The molecule has 0 aromatic carbocycles. The van der Waals surface area contributed by atoms with E-state index in [1.165, 1.54) is 0 Å². The molecule has 0 saturated heterocycles. The van der Waals surface area contributed by atoms with Crippen LogP contribution in [-0.2, 0) is 30.1 Å². The zero-order valence-electron chi connectivity index (χ0n) is 9.08. The summed E-state index contributed by atoms with van der Waals surface area (Å²) >= 11 is -2.09. The van der Waals surface area contributed by atoms with E-state index in [1.54, 1.807) is 6.08 Å². The molecule has 0 N–H and O–H groups in total. The molecule has 0 amide bonds. The Morgan fingerprint density at radius 2 is 1.86 bits per heavy atom. The number of carbonyl (C=O) groups excluding carboxylic acids is 1. The number of aliphatic imine (C=N–C) groups is 1. The number of isocyanates is 1. The van der Waals surface area contributed by atoms with Crippen LogP contribution >= 0.6 is 0 Å². The van der Waals surface area contributed by atoms with Gasteiger partial charge in [0.05, 0.1) is 0 Å². The fraction of sp³-hybridized carbons (Fsp3) is 0.889. The topological polar surface area (TPSA) is 47.9 Å². The van der Waals surface area contributed by atoms with Gasteiger partial charge in [-0.15, -0.1) is 0 Å². The molecule has 81 valence electrons. The van der Waals surface area contributed by atoms with Crippen LogP contribution in [0.25, 0.3) is 0 Å². The van der Waals surface area contributed by atoms with E-state index in [-0.39, 0.29) is 4.35 Å². The molecule has 0 radical (unpaired) electrons. The van der Waals surface area contributed by atoms with Gasteiger partial charge in [0.15, 0.2) is 0 Å². The van der Waals surface area contributed by atoms with E-state index >= 15 is 0 Å². The molecule has 0 bridgehead atoms. The van der Waals surface area contributed by atoms with E-state index in [9.17, 15) is 4.79 Å². The molecule has 14 heavy (non-hydrogen) atoms. The molecule has 0 fully saturated rings. The molecule has 1 unspecified atom stereocenters. The van der Waals surface area contributed by atoms with Gasteiger partial charge in [-0.1, -0.05) is 0 Å². The van der Waals surface area contributed by atoms with E-state index in [0.717, 1.165) is 12.8 Å². The minimum absolute atomic E-state index is 0.0580. The number of nitrogens with zero attached hydrogens (tertiary/aromatic N) is 1. The Labute approximate surface area is 92.5 Å². The molecule has 0 aromatic heterocycles. The minimum atomic E-state index is -2.09. The molecule has 0 aliphatic carbocycles. The maximum absolute atomic E-state index is 10.2. The zero-order chi connectivity index (χ0) is 10.8. The van der Waals surface area contributed by atoms with Gasteiger partial charge in [0.2, 0.25) is 0 Å². The summed E-state index contributed by atoms with van der Waals surface area (Å²) < 4.78 is 11.0. The third-order valence-corrected chi connectivity index (χ3v) is 4.91. The van der Waals surface area contributed by atoms with Gasteiger partial charge in [-0.25, -0.2) is 0 Å². The molecule has 0 heterocycles. The molecular weight excluding hydrogens is 218 g/mol. The van der Waals surface area contributed by atoms with Crippen molar-refractivity contribution in [2.45, 2.75) is 38.0 Å². The SMILES string of the molecule is CCC[CH](N=C=O)[Ti]([O]CC)[O]CC. The summed E-state index contributed by atoms with van der Waals surface area (Å²) in [7, 11) is 0. The maximum atomic E-state index is 10.2. The van der Waals surface area contributed by atoms with Crippen molar-refractivity contribution in [3.8, 4) is 0 Å². The summed E-state index contributed by atoms with van der Waals surface area (Å²) in [6.07, 6.45) is 3.44. The van der Waals surface area contributed by atoms with E-state index in [2.05, 4.69) is 11.9 Å². The van der Waals surface area contributed by atoms with Gasteiger partial charge in [0, 0.05) is 0 Å². The van der Waals surface area contributed by atoms with Gasteiger partial charge < -0.3 is 0 Å². The van der Waals surface area contributed by atoms with E-state index < -0.39 is 18.6 Å². The van der Waals surface area contributed by atoms with Crippen molar-refractivity contribution in [3.05, 3.63) is 0 Å². The normalized spacial score (nSPS) is 11.9. The van der Waals surface area contributed by atoms with Gasteiger partial charge in [-0.05, 0) is 0 Å². The molecule has 0 aliphatic rings. The third kappa shape index (κ3) is 5.68. The summed E-state index contributed by atoms with van der Waals surface area (Å²) in [6, 6.07) is 0. The van der Waals surface area contributed by atoms with Gasteiger partial charge in [-0.2, -0.15) is 0 Å². The van der Waals surface area contributed by atoms with Gasteiger partial charge >= 0.3 is 92.3 Å². The quantitative estimate of drug-likeness (QED) is 0.367. The van der Waals surface area contributed by atoms with Crippen molar-refractivity contribution in [1.82, 2.24) is 0 Å². The monoisotopic (exact) mass is 236 g/mol. The van der Waals surface area contributed by atoms with Crippen molar-refractivity contribution < 1.29 is 30.1 Å². The summed E-state index contributed by atoms with van der Waals surface area (Å²) in [5, 5.41) is 0. The zero-order valence-corrected chi connectivity index (χ0v) is 10.6. The number of hydrogen-bond donors (Lipinski definition) is 0. The first kappa shape index (κ1) is 14.0. The summed E-state index contributed by atoms with van der Waals surface area (Å²) in [4.78, 5) is 14.0. The predicted molar refractivity (Wildman–Crippen MR) is 50.1 cm³/mol. The third-order valence-electron chi connectivity index (χ3n) is 1.62. The van der Waals surface area contributed by atoms with E-state index in [0.29, 0.717) is 13.2 Å². The predicted octanol–water partition coefficient (Wildman–Crippen LogP) is 1.97. The van der Waals surface area contributed by atoms with Crippen LogP contribution < -0.4 is 0 Å². The fourth-order valence-electron chi connectivity index (χ4n) is 1.09. The second-order valence-corrected chi connectivity index (χ2v) is 5.65. The molecule has 0 spiro atoms. The van der Waals surface area contributed by atoms with E-state index in [4.69, 9.17) is 6.64 Å². The first-order valence-corrected chi connectivity index (χ1v) is 7.17. The number of rotatable bonds is 8. The van der Waals surface area contributed by atoms with Gasteiger partial charge in [0.25, 0.3) is 0 Å². The summed E-state index contributed by atoms with van der Waals surface area (Å²) in [6.45, 7) is 7.17. The average molecular weight is 236 g/mol. The first-order valence-electron chi connectivity index (χ1n) is 4.99. The summed E-state index contributed by atoms with van der Waals surface area (Å²) in [5.41, 5.74) is 0. The number of hydrogen-bond acceptors (Lipinski definition) is 4. The standard InChI is InChI=1S/C5H8NO.2C2H5O.Ti/c1-2-3-4-6-5-7;2*1-2-3;/h4H,2-3H2,1H3;2*2H2,1H3;/q;2*-1;+2. The second kappa shape index (κ2) is 9.56. The molecule has 0 saturated carbocycles. The summed E-state index contributed by atoms with van der Waals surface area (Å²) in [5.74, 6) is 0. The van der Waals surface area contributed by atoms with Crippen LogP contribution in [0.3, 0.4) is 0 Å². The Morgan fingerprint density at radius 1 is 1.29 bits per heavy atom. The van der Waals surface area contributed by atoms with E-state index in [1.807, 2.05) is 13.8 Å². The Hall–Kier alpha value is 0.0143. The van der Waals surface area contributed by atoms with Crippen LogP contribution in [-0.4, -0.2) is 23.6 Å². The van der Waals surface area contributed by atoms with Crippen molar-refractivity contribution in [2.24, 2.45) is 4.99 Å². The molecule has 4 nitrogen and oxygen atoms in total. The van der Waals surface area contributed by atoms with Crippen molar-refractivity contribution in [1.29, 1.82) is 0 Å². The van der Waals surface area contributed by atoms with Crippen LogP contribution in [0, 0.1) is 0 Å². The van der Waals surface area contributed by atoms with Crippen LogP contribution in [0.5, 0.6) is 0 Å². The van der Waals surface area contributed by atoms with Gasteiger partial charge in [-0.3, -0.25) is 0 Å². The van der Waals surface area contributed by atoms with Crippen LogP contribution in [0.15, 0.2) is 4.99 Å². The van der Waals surface area contributed by atoms with Crippen LogP contribution in [0.2, 0.25) is 0 Å². The van der Waals surface area contributed by atoms with Crippen LogP contribution in [0.1, 0.15) is 33.6 Å². The molecule has 5 heteroatoms. The molecule has 1 atom stereocenters. The first-order chi connectivity index (χ1) is 6.79. The van der Waals surface area contributed by atoms with Crippen molar-refractivity contribution in [2.75, 3.05) is 13.2 Å². The Kier molecular flexibility index (Phi) is 9.57. The van der Waals surface area contributed by atoms with Crippen molar-refractivity contribution in [3.63, 3.8) is 0 Å². The average Bonchev–Trinajstić information content (AvgIpc) is 2.17. The molecule has 0 aliphatic heterocycles. The molecular formula is C9H18NO3Ti. The second-order valence-electron chi connectivity index (χ2n) is 2.71. The Morgan fingerprint density at radius 3 is 2.21 bits per heavy atom. The van der Waals surface area contributed by atoms with Gasteiger partial charge in [0.1, 0.15) is 0 Å².